The summed E-state index contributed by atoms with van der Waals surface area (Å²) in [5, 5.41) is 14.0. The van der Waals surface area contributed by atoms with Crippen molar-refractivity contribution in [1.29, 1.82) is 0 Å². The molecule has 1 aliphatic heterocycles. The third-order valence-corrected chi connectivity index (χ3v) is 3.81. The van der Waals surface area contributed by atoms with E-state index in [-0.39, 0.29) is 10.6 Å². The molecule has 0 amide bonds. The lowest BCUT2D eigenvalue weighted by molar-refractivity contribution is -0.384. The molecule has 1 unspecified atom stereocenters. The molecular weight excluding hydrogens is 244 g/mol. The van der Waals surface area contributed by atoms with Crippen molar-refractivity contribution in [3.05, 3.63) is 39.9 Å². The fourth-order valence-corrected chi connectivity index (χ4v) is 2.63. The fourth-order valence-electron chi connectivity index (χ4n) is 2.63. The maximum Gasteiger partial charge on any atom is 0.269 e. The van der Waals surface area contributed by atoms with E-state index in [0.717, 1.165) is 38.0 Å². The first-order valence-corrected chi connectivity index (χ1v) is 6.69. The predicted octanol–water partition coefficient (Wildman–Crippen LogP) is 2.15. The molecule has 1 heterocycles. The zero-order valence-electron chi connectivity index (χ0n) is 11.2. The molecule has 1 aromatic rings. The zero-order valence-corrected chi connectivity index (χ0v) is 11.2. The summed E-state index contributed by atoms with van der Waals surface area (Å²) in [7, 11) is 1.98. The first-order chi connectivity index (χ1) is 9.20. The average molecular weight is 264 g/mol. The standard InChI is InChI=1S/C14H20N2O3/c1-15-14(12-6-8-19-9-7-12)10-11-2-4-13(5-3-11)16(17)18/h2-5,12,14-15H,6-10H2,1H3. The van der Waals surface area contributed by atoms with Gasteiger partial charge in [0.2, 0.25) is 0 Å². The van der Waals surface area contributed by atoms with Crippen molar-refractivity contribution in [2.45, 2.75) is 25.3 Å². The summed E-state index contributed by atoms with van der Waals surface area (Å²) >= 11 is 0. The first-order valence-electron chi connectivity index (χ1n) is 6.69. The molecule has 19 heavy (non-hydrogen) atoms. The summed E-state index contributed by atoms with van der Waals surface area (Å²) < 4.78 is 5.38. The highest BCUT2D eigenvalue weighted by Gasteiger charge is 2.23. The highest BCUT2D eigenvalue weighted by atomic mass is 16.6. The average Bonchev–Trinajstić information content (AvgIpc) is 2.46. The molecule has 0 aliphatic carbocycles. The van der Waals surface area contributed by atoms with Crippen LogP contribution in [-0.2, 0) is 11.2 Å². The SMILES string of the molecule is CNC(Cc1ccc([N+](=O)[O-])cc1)C1CCOCC1. The van der Waals surface area contributed by atoms with Crippen LogP contribution in [0.25, 0.3) is 0 Å². The maximum absolute atomic E-state index is 10.6. The van der Waals surface area contributed by atoms with Crippen LogP contribution in [0.15, 0.2) is 24.3 Å². The predicted molar refractivity (Wildman–Crippen MR) is 73.2 cm³/mol. The van der Waals surface area contributed by atoms with Crippen molar-refractivity contribution in [3.63, 3.8) is 0 Å². The van der Waals surface area contributed by atoms with Crippen molar-refractivity contribution < 1.29 is 9.66 Å². The number of nitro benzene ring substituents is 1. The Morgan fingerprint density at radius 3 is 2.53 bits per heavy atom. The van der Waals surface area contributed by atoms with E-state index in [4.69, 9.17) is 4.74 Å². The van der Waals surface area contributed by atoms with Crippen LogP contribution in [0.5, 0.6) is 0 Å². The Morgan fingerprint density at radius 1 is 1.37 bits per heavy atom. The van der Waals surface area contributed by atoms with Gasteiger partial charge in [-0.3, -0.25) is 10.1 Å². The minimum Gasteiger partial charge on any atom is -0.381 e. The van der Waals surface area contributed by atoms with E-state index in [2.05, 4.69) is 5.32 Å². The number of benzene rings is 1. The highest BCUT2D eigenvalue weighted by molar-refractivity contribution is 5.33. The third-order valence-electron chi connectivity index (χ3n) is 3.81. The number of nitro groups is 1. The van der Waals surface area contributed by atoms with E-state index in [1.54, 1.807) is 12.1 Å². The Hall–Kier alpha value is -1.46. The van der Waals surface area contributed by atoms with Crippen molar-refractivity contribution in [2.75, 3.05) is 20.3 Å². The van der Waals surface area contributed by atoms with Crippen LogP contribution in [0.2, 0.25) is 0 Å². The van der Waals surface area contributed by atoms with E-state index >= 15 is 0 Å². The van der Waals surface area contributed by atoms with Crippen LogP contribution in [-0.4, -0.2) is 31.2 Å². The van der Waals surface area contributed by atoms with Gasteiger partial charge in [0.25, 0.3) is 5.69 Å². The van der Waals surface area contributed by atoms with Gasteiger partial charge in [0.1, 0.15) is 0 Å². The second kappa shape index (κ2) is 6.63. The van der Waals surface area contributed by atoms with E-state index in [0.29, 0.717) is 12.0 Å². The van der Waals surface area contributed by atoms with E-state index < -0.39 is 0 Å². The van der Waals surface area contributed by atoms with Crippen molar-refractivity contribution in [1.82, 2.24) is 5.32 Å². The number of nitrogens with zero attached hydrogens (tertiary/aromatic N) is 1. The monoisotopic (exact) mass is 264 g/mol. The fraction of sp³-hybridized carbons (Fsp3) is 0.571. The largest absolute Gasteiger partial charge is 0.381 e. The molecule has 104 valence electrons. The van der Waals surface area contributed by atoms with Crippen molar-refractivity contribution in [2.24, 2.45) is 5.92 Å². The molecule has 1 saturated heterocycles. The normalized spacial score (nSPS) is 18.2. The van der Waals surface area contributed by atoms with Gasteiger partial charge in [-0.15, -0.1) is 0 Å². The van der Waals surface area contributed by atoms with Gasteiger partial charge in [-0.05, 0) is 37.8 Å². The molecule has 1 fully saturated rings. The minimum absolute atomic E-state index is 0.149. The number of non-ortho nitro benzene ring substituents is 1. The third kappa shape index (κ3) is 3.75. The van der Waals surface area contributed by atoms with Gasteiger partial charge in [0.15, 0.2) is 0 Å². The van der Waals surface area contributed by atoms with Gasteiger partial charge in [-0.2, -0.15) is 0 Å². The lowest BCUT2D eigenvalue weighted by Crippen LogP contribution is -2.38. The van der Waals surface area contributed by atoms with Gasteiger partial charge in [0.05, 0.1) is 4.92 Å². The van der Waals surface area contributed by atoms with Gasteiger partial charge < -0.3 is 10.1 Å². The topological polar surface area (TPSA) is 64.4 Å². The number of rotatable bonds is 5. The van der Waals surface area contributed by atoms with Gasteiger partial charge in [-0.1, -0.05) is 12.1 Å². The van der Waals surface area contributed by atoms with E-state index in [1.165, 1.54) is 0 Å². The number of hydrogen-bond donors (Lipinski definition) is 1. The lowest BCUT2D eigenvalue weighted by atomic mass is 9.88. The number of ether oxygens (including phenoxy) is 1. The maximum atomic E-state index is 10.6. The smallest absolute Gasteiger partial charge is 0.269 e. The Balaban J connectivity index is 1.99. The van der Waals surface area contributed by atoms with Crippen LogP contribution in [0.3, 0.4) is 0 Å². The van der Waals surface area contributed by atoms with Gasteiger partial charge in [0, 0.05) is 31.4 Å². The molecule has 0 aromatic heterocycles. The molecule has 1 aromatic carbocycles. The Morgan fingerprint density at radius 2 is 2.00 bits per heavy atom. The Labute approximate surface area is 113 Å². The number of likely N-dealkylation sites (N-methyl/N-ethyl adjacent to an activating group) is 1. The van der Waals surface area contributed by atoms with Crippen LogP contribution in [0, 0.1) is 16.0 Å². The van der Waals surface area contributed by atoms with Crippen LogP contribution in [0.1, 0.15) is 18.4 Å². The quantitative estimate of drug-likeness (QED) is 0.653. The van der Waals surface area contributed by atoms with Crippen LogP contribution in [0.4, 0.5) is 5.69 Å². The van der Waals surface area contributed by atoms with Crippen LogP contribution >= 0.6 is 0 Å². The van der Waals surface area contributed by atoms with Crippen LogP contribution < -0.4 is 5.32 Å². The molecular formula is C14H20N2O3. The molecule has 1 aliphatic rings. The summed E-state index contributed by atoms with van der Waals surface area (Å²) in [6.07, 6.45) is 3.07. The van der Waals surface area contributed by atoms with Gasteiger partial charge in [-0.25, -0.2) is 0 Å². The minimum atomic E-state index is -0.363. The second-order valence-corrected chi connectivity index (χ2v) is 4.97. The summed E-state index contributed by atoms with van der Waals surface area (Å²) in [6.45, 7) is 1.67. The van der Waals surface area contributed by atoms with Crippen molar-refractivity contribution >= 4 is 5.69 Å². The molecule has 0 bridgehead atoms. The number of hydrogen-bond acceptors (Lipinski definition) is 4. The molecule has 0 saturated carbocycles. The zero-order chi connectivity index (χ0) is 13.7. The second-order valence-electron chi connectivity index (χ2n) is 4.97. The summed E-state index contributed by atoms with van der Waals surface area (Å²) in [5.41, 5.74) is 1.28. The van der Waals surface area contributed by atoms with E-state index in [1.807, 2.05) is 19.2 Å². The highest BCUT2D eigenvalue weighted by Crippen LogP contribution is 2.22. The summed E-state index contributed by atoms with van der Waals surface area (Å²) in [6, 6.07) is 7.26. The first kappa shape index (κ1) is 14.0. The number of nitrogens with one attached hydrogen (secondary N) is 1. The molecule has 5 nitrogen and oxygen atoms in total. The molecule has 1 N–H and O–H groups in total. The molecule has 0 spiro atoms. The Bertz CT molecular complexity index is 413. The molecule has 0 radical (unpaired) electrons. The van der Waals surface area contributed by atoms with E-state index in [9.17, 15) is 10.1 Å². The Kier molecular flexibility index (Phi) is 4.87. The lowest BCUT2D eigenvalue weighted by Gasteiger charge is -2.30. The summed E-state index contributed by atoms with van der Waals surface area (Å²) in [4.78, 5) is 10.3. The molecule has 2 rings (SSSR count). The summed E-state index contributed by atoms with van der Waals surface area (Å²) in [5.74, 6) is 0.619. The van der Waals surface area contributed by atoms with Gasteiger partial charge >= 0.3 is 0 Å². The molecule has 1 atom stereocenters. The molecule has 5 heteroatoms. The van der Waals surface area contributed by atoms with Crippen molar-refractivity contribution in [3.8, 4) is 0 Å².